The molecule has 0 radical (unpaired) electrons. The lowest BCUT2D eigenvalue weighted by Gasteiger charge is -2.16. The van der Waals surface area contributed by atoms with E-state index in [4.69, 9.17) is 0 Å². The number of rotatable bonds is 8. The van der Waals surface area contributed by atoms with Crippen LogP contribution in [0.25, 0.3) is 0 Å². The number of benzene rings is 1. The number of guanidine groups is 1. The van der Waals surface area contributed by atoms with Gasteiger partial charge in [0.05, 0.1) is 0 Å². The Morgan fingerprint density at radius 3 is 2.43 bits per heavy atom. The van der Waals surface area contributed by atoms with Crippen LogP contribution in [0.1, 0.15) is 37.3 Å². The number of unbranched alkanes of at least 4 members (excludes halogenated alkanes) is 2. The summed E-state index contributed by atoms with van der Waals surface area (Å²) in [5.74, 6) is 0.880. The Bertz CT molecular complexity index is 427. The van der Waals surface area contributed by atoms with Gasteiger partial charge in [-0.15, -0.1) is 0 Å². The molecule has 0 spiro atoms. The standard InChI is InChI=1S/C17H30N4/c1-5-6-9-12-19-17(18-2)20-13-15-10-7-8-11-16(15)14-21(3)4/h7-8,10-11H,5-6,9,12-14H2,1-4H3,(H2,18,19,20). The summed E-state index contributed by atoms with van der Waals surface area (Å²) in [6, 6.07) is 8.55. The Morgan fingerprint density at radius 2 is 1.81 bits per heavy atom. The average molecular weight is 290 g/mol. The van der Waals surface area contributed by atoms with Crippen molar-refractivity contribution in [3.63, 3.8) is 0 Å². The molecule has 0 saturated carbocycles. The molecular weight excluding hydrogens is 260 g/mol. The first-order valence-corrected chi connectivity index (χ1v) is 7.83. The van der Waals surface area contributed by atoms with E-state index < -0.39 is 0 Å². The Morgan fingerprint density at radius 1 is 1.10 bits per heavy atom. The van der Waals surface area contributed by atoms with Gasteiger partial charge < -0.3 is 15.5 Å². The van der Waals surface area contributed by atoms with Crippen LogP contribution in [0.3, 0.4) is 0 Å². The van der Waals surface area contributed by atoms with Crippen LogP contribution in [0, 0.1) is 0 Å². The van der Waals surface area contributed by atoms with E-state index in [2.05, 4.69) is 65.8 Å². The second kappa shape index (κ2) is 10.2. The number of nitrogens with zero attached hydrogens (tertiary/aromatic N) is 2. The Balaban J connectivity index is 2.49. The van der Waals surface area contributed by atoms with E-state index in [-0.39, 0.29) is 0 Å². The molecular formula is C17H30N4. The summed E-state index contributed by atoms with van der Waals surface area (Å²) in [7, 11) is 6.01. The molecule has 0 atom stereocenters. The minimum atomic E-state index is 0.803. The molecule has 0 aliphatic rings. The van der Waals surface area contributed by atoms with Gasteiger partial charge >= 0.3 is 0 Å². The zero-order valence-corrected chi connectivity index (χ0v) is 13.9. The molecule has 2 N–H and O–H groups in total. The third kappa shape index (κ3) is 7.14. The van der Waals surface area contributed by atoms with Gasteiger partial charge in [-0.25, -0.2) is 0 Å². The summed E-state index contributed by atoms with van der Waals surface area (Å²) in [6.45, 7) is 4.96. The lowest BCUT2D eigenvalue weighted by Crippen LogP contribution is -2.37. The molecule has 1 aromatic carbocycles. The molecule has 4 heteroatoms. The van der Waals surface area contributed by atoms with Gasteiger partial charge in [-0.2, -0.15) is 0 Å². The molecule has 0 aliphatic heterocycles. The highest BCUT2D eigenvalue weighted by atomic mass is 15.2. The lowest BCUT2D eigenvalue weighted by atomic mass is 10.1. The SMILES string of the molecule is CCCCCNC(=NC)NCc1ccccc1CN(C)C. The van der Waals surface area contributed by atoms with E-state index in [1.54, 1.807) is 0 Å². The molecule has 0 fully saturated rings. The highest BCUT2D eigenvalue weighted by Crippen LogP contribution is 2.10. The van der Waals surface area contributed by atoms with Crippen molar-refractivity contribution >= 4 is 5.96 Å². The van der Waals surface area contributed by atoms with E-state index in [1.807, 2.05) is 7.05 Å². The molecule has 1 rings (SSSR count). The predicted molar refractivity (Wildman–Crippen MR) is 91.6 cm³/mol. The van der Waals surface area contributed by atoms with Crippen molar-refractivity contribution in [2.45, 2.75) is 39.3 Å². The quantitative estimate of drug-likeness (QED) is 0.439. The Hall–Kier alpha value is -1.55. The van der Waals surface area contributed by atoms with Gasteiger partial charge in [0.15, 0.2) is 5.96 Å². The Kier molecular flexibility index (Phi) is 8.51. The first-order valence-electron chi connectivity index (χ1n) is 7.83. The summed E-state index contributed by atoms with van der Waals surface area (Å²) in [4.78, 5) is 6.47. The highest BCUT2D eigenvalue weighted by Gasteiger charge is 2.04. The summed E-state index contributed by atoms with van der Waals surface area (Å²) >= 11 is 0. The summed E-state index contributed by atoms with van der Waals surface area (Å²) < 4.78 is 0. The van der Waals surface area contributed by atoms with Gasteiger partial charge in [0.2, 0.25) is 0 Å². The van der Waals surface area contributed by atoms with Crippen LogP contribution in [0.4, 0.5) is 0 Å². The van der Waals surface area contributed by atoms with E-state index in [0.717, 1.165) is 25.6 Å². The van der Waals surface area contributed by atoms with Crippen molar-refractivity contribution in [3.05, 3.63) is 35.4 Å². The van der Waals surface area contributed by atoms with Crippen LogP contribution in [-0.4, -0.2) is 38.5 Å². The highest BCUT2D eigenvalue weighted by molar-refractivity contribution is 5.79. The fraction of sp³-hybridized carbons (Fsp3) is 0.588. The molecule has 1 aromatic rings. The van der Waals surface area contributed by atoms with Crippen molar-refractivity contribution < 1.29 is 0 Å². The van der Waals surface area contributed by atoms with Crippen LogP contribution in [-0.2, 0) is 13.1 Å². The monoisotopic (exact) mass is 290 g/mol. The first kappa shape index (κ1) is 17.5. The molecule has 0 bridgehead atoms. The summed E-state index contributed by atoms with van der Waals surface area (Å²) in [5, 5.41) is 6.76. The predicted octanol–water partition coefficient (Wildman–Crippen LogP) is 2.60. The number of hydrogen-bond acceptors (Lipinski definition) is 2. The van der Waals surface area contributed by atoms with Crippen molar-refractivity contribution in [1.82, 2.24) is 15.5 Å². The minimum absolute atomic E-state index is 0.803. The zero-order valence-electron chi connectivity index (χ0n) is 13.9. The largest absolute Gasteiger partial charge is 0.356 e. The molecule has 0 aliphatic carbocycles. The number of aliphatic imine (C=N–C) groups is 1. The second-order valence-electron chi connectivity index (χ2n) is 5.57. The van der Waals surface area contributed by atoms with Crippen molar-refractivity contribution in [2.24, 2.45) is 4.99 Å². The first-order chi connectivity index (χ1) is 10.2. The lowest BCUT2D eigenvalue weighted by molar-refractivity contribution is 0.400. The van der Waals surface area contributed by atoms with Gasteiger partial charge in [-0.1, -0.05) is 44.0 Å². The van der Waals surface area contributed by atoms with E-state index in [1.165, 1.54) is 30.4 Å². The number of nitrogens with one attached hydrogen (secondary N) is 2. The van der Waals surface area contributed by atoms with Crippen LogP contribution in [0.2, 0.25) is 0 Å². The molecule has 0 unspecified atom stereocenters. The smallest absolute Gasteiger partial charge is 0.191 e. The van der Waals surface area contributed by atoms with Crippen molar-refractivity contribution in [2.75, 3.05) is 27.7 Å². The maximum atomic E-state index is 4.28. The van der Waals surface area contributed by atoms with Gasteiger partial charge in [-0.3, -0.25) is 4.99 Å². The molecule has 0 saturated heterocycles. The van der Waals surface area contributed by atoms with Gasteiger partial charge in [0.1, 0.15) is 0 Å². The van der Waals surface area contributed by atoms with Crippen molar-refractivity contribution in [3.8, 4) is 0 Å². The maximum Gasteiger partial charge on any atom is 0.191 e. The molecule has 4 nitrogen and oxygen atoms in total. The summed E-state index contributed by atoms with van der Waals surface area (Å²) in [6.07, 6.45) is 3.69. The zero-order chi connectivity index (χ0) is 15.5. The molecule has 0 amide bonds. The van der Waals surface area contributed by atoms with Crippen LogP contribution in [0.15, 0.2) is 29.3 Å². The molecule has 21 heavy (non-hydrogen) atoms. The van der Waals surface area contributed by atoms with E-state index in [0.29, 0.717) is 0 Å². The minimum Gasteiger partial charge on any atom is -0.356 e. The fourth-order valence-electron chi connectivity index (χ4n) is 2.21. The normalized spacial score (nSPS) is 11.8. The second-order valence-corrected chi connectivity index (χ2v) is 5.57. The van der Waals surface area contributed by atoms with Gasteiger partial charge in [0, 0.05) is 26.7 Å². The third-order valence-corrected chi connectivity index (χ3v) is 3.35. The van der Waals surface area contributed by atoms with Crippen molar-refractivity contribution in [1.29, 1.82) is 0 Å². The average Bonchev–Trinajstić information content (AvgIpc) is 2.47. The van der Waals surface area contributed by atoms with Crippen LogP contribution >= 0.6 is 0 Å². The van der Waals surface area contributed by atoms with Gasteiger partial charge in [0.25, 0.3) is 0 Å². The fourth-order valence-corrected chi connectivity index (χ4v) is 2.21. The van der Waals surface area contributed by atoms with E-state index >= 15 is 0 Å². The molecule has 118 valence electrons. The number of hydrogen-bond donors (Lipinski definition) is 2. The van der Waals surface area contributed by atoms with E-state index in [9.17, 15) is 0 Å². The maximum absolute atomic E-state index is 4.28. The Labute approximate surface area is 129 Å². The van der Waals surface area contributed by atoms with Crippen LogP contribution < -0.4 is 10.6 Å². The topological polar surface area (TPSA) is 39.7 Å². The molecule has 0 aromatic heterocycles. The summed E-state index contributed by atoms with van der Waals surface area (Å²) in [5.41, 5.74) is 2.68. The third-order valence-electron chi connectivity index (χ3n) is 3.35. The van der Waals surface area contributed by atoms with Gasteiger partial charge in [-0.05, 0) is 31.6 Å². The van der Waals surface area contributed by atoms with Crippen LogP contribution in [0.5, 0.6) is 0 Å². The molecule has 0 heterocycles.